The number of hydrogen-bond donors (Lipinski definition) is 0. The average Bonchev–Trinajstić information content (AvgIpc) is 2.10. The van der Waals surface area contributed by atoms with Crippen LogP contribution in [0.4, 0.5) is 0 Å². The molecule has 0 saturated carbocycles. The first-order valence-corrected chi connectivity index (χ1v) is 4.44. The Hall–Kier alpha value is -0.590. The van der Waals surface area contributed by atoms with Crippen molar-refractivity contribution in [1.82, 2.24) is 0 Å². The molecule has 12 heavy (non-hydrogen) atoms. The zero-order valence-corrected chi connectivity index (χ0v) is 7.71. The predicted octanol–water partition coefficient (Wildman–Crippen LogP) is 1.73. The molecule has 3 nitrogen and oxygen atoms in total. The molecule has 0 aliphatic heterocycles. The third-order valence-corrected chi connectivity index (χ3v) is 1.28. The number of nitriles is 1. The van der Waals surface area contributed by atoms with Crippen molar-refractivity contribution >= 4 is 0 Å². The molecule has 0 bridgehead atoms. The summed E-state index contributed by atoms with van der Waals surface area (Å²) in [6.45, 7) is 4.93. The Bertz CT molecular complexity index is 120. The van der Waals surface area contributed by atoms with Crippen LogP contribution in [-0.4, -0.2) is 26.4 Å². The Morgan fingerprint density at radius 2 is 1.75 bits per heavy atom. The summed E-state index contributed by atoms with van der Waals surface area (Å²) in [5, 5.41) is 8.18. The van der Waals surface area contributed by atoms with Gasteiger partial charge in [-0.25, -0.2) is 0 Å². The molecular weight excluding hydrogens is 154 g/mol. The van der Waals surface area contributed by atoms with Gasteiger partial charge in [-0.3, -0.25) is 0 Å². The standard InChI is InChI=1S/C9H17NO2/c1-2-6-11-8-4-9-12-7-3-5-10/h2-4,6-9H2,1H3. The van der Waals surface area contributed by atoms with E-state index >= 15 is 0 Å². The maximum atomic E-state index is 8.18. The van der Waals surface area contributed by atoms with Gasteiger partial charge in [0, 0.05) is 19.8 Å². The van der Waals surface area contributed by atoms with Gasteiger partial charge in [-0.15, -0.1) is 0 Å². The van der Waals surface area contributed by atoms with Crippen LogP contribution in [-0.2, 0) is 9.47 Å². The van der Waals surface area contributed by atoms with Gasteiger partial charge in [0.1, 0.15) is 0 Å². The van der Waals surface area contributed by atoms with E-state index in [1.54, 1.807) is 0 Å². The molecule has 0 rings (SSSR count). The van der Waals surface area contributed by atoms with Gasteiger partial charge >= 0.3 is 0 Å². The molecule has 0 amide bonds. The topological polar surface area (TPSA) is 42.2 Å². The number of hydrogen-bond acceptors (Lipinski definition) is 3. The smallest absolute Gasteiger partial charge is 0.0645 e. The fourth-order valence-corrected chi connectivity index (χ4v) is 0.729. The van der Waals surface area contributed by atoms with Crippen molar-refractivity contribution in [2.45, 2.75) is 26.2 Å². The molecule has 0 spiro atoms. The Morgan fingerprint density at radius 1 is 1.08 bits per heavy atom. The minimum Gasteiger partial charge on any atom is -0.381 e. The molecule has 0 N–H and O–H groups in total. The molecule has 0 aliphatic carbocycles. The fraction of sp³-hybridized carbons (Fsp3) is 0.889. The van der Waals surface area contributed by atoms with Gasteiger partial charge in [0.05, 0.1) is 19.1 Å². The molecular formula is C9H17NO2. The van der Waals surface area contributed by atoms with E-state index in [-0.39, 0.29) is 0 Å². The first-order chi connectivity index (χ1) is 5.91. The van der Waals surface area contributed by atoms with Gasteiger partial charge in [0.2, 0.25) is 0 Å². The van der Waals surface area contributed by atoms with Gasteiger partial charge < -0.3 is 9.47 Å². The van der Waals surface area contributed by atoms with E-state index in [0.29, 0.717) is 19.6 Å². The van der Waals surface area contributed by atoms with Gasteiger partial charge in [-0.2, -0.15) is 5.26 Å². The minimum atomic E-state index is 0.482. The van der Waals surface area contributed by atoms with Crippen LogP contribution in [0.3, 0.4) is 0 Å². The van der Waals surface area contributed by atoms with E-state index in [1.165, 1.54) is 0 Å². The second kappa shape index (κ2) is 10.4. The van der Waals surface area contributed by atoms with E-state index in [2.05, 4.69) is 6.92 Å². The number of nitrogens with zero attached hydrogens (tertiary/aromatic N) is 1. The minimum absolute atomic E-state index is 0.482. The van der Waals surface area contributed by atoms with Crippen molar-refractivity contribution in [3.63, 3.8) is 0 Å². The molecule has 3 heteroatoms. The molecule has 0 fully saturated rings. The molecule has 0 radical (unpaired) electrons. The van der Waals surface area contributed by atoms with Crippen LogP contribution in [0.25, 0.3) is 0 Å². The molecule has 0 aromatic rings. The van der Waals surface area contributed by atoms with Crippen LogP contribution in [0, 0.1) is 11.3 Å². The summed E-state index contributed by atoms with van der Waals surface area (Å²) in [7, 11) is 0. The zero-order chi connectivity index (χ0) is 9.07. The highest BCUT2D eigenvalue weighted by atomic mass is 16.5. The third-order valence-electron chi connectivity index (χ3n) is 1.28. The molecule has 0 aromatic heterocycles. The maximum absolute atomic E-state index is 8.18. The Kier molecular flexibility index (Phi) is 9.90. The van der Waals surface area contributed by atoms with Crippen molar-refractivity contribution in [3.8, 4) is 6.07 Å². The van der Waals surface area contributed by atoms with Crippen molar-refractivity contribution in [1.29, 1.82) is 5.26 Å². The lowest BCUT2D eigenvalue weighted by Crippen LogP contribution is -2.02. The Balaban J connectivity index is 2.78. The fourth-order valence-electron chi connectivity index (χ4n) is 0.729. The van der Waals surface area contributed by atoms with Crippen LogP contribution in [0.1, 0.15) is 26.2 Å². The van der Waals surface area contributed by atoms with Crippen molar-refractivity contribution in [2.75, 3.05) is 26.4 Å². The second-order valence-electron chi connectivity index (χ2n) is 2.49. The monoisotopic (exact) mass is 171 g/mol. The third kappa shape index (κ3) is 9.41. The lowest BCUT2D eigenvalue weighted by atomic mass is 10.4. The van der Waals surface area contributed by atoms with Crippen LogP contribution in [0.5, 0.6) is 0 Å². The van der Waals surface area contributed by atoms with E-state index < -0.39 is 0 Å². The van der Waals surface area contributed by atoms with Gasteiger partial charge in [0.15, 0.2) is 0 Å². The lowest BCUT2D eigenvalue weighted by Gasteiger charge is -2.02. The van der Waals surface area contributed by atoms with Crippen LogP contribution < -0.4 is 0 Å². The van der Waals surface area contributed by atoms with Gasteiger partial charge in [0.25, 0.3) is 0 Å². The highest BCUT2D eigenvalue weighted by molar-refractivity contribution is 4.66. The summed E-state index contributed by atoms with van der Waals surface area (Å²) >= 11 is 0. The summed E-state index contributed by atoms with van der Waals surface area (Å²) in [4.78, 5) is 0. The maximum Gasteiger partial charge on any atom is 0.0645 e. The van der Waals surface area contributed by atoms with Crippen molar-refractivity contribution < 1.29 is 9.47 Å². The molecule has 0 atom stereocenters. The SMILES string of the molecule is CCCOCCCOCCC#N. The van der Waals surface area contributed by atoms with Crippen molar-refractivity contribution in [2.24, 2.45) is 0 Å². The molecule has 0 aromatic carbocycles. The number of rotatable bonds is 8. The summed E-state index contributed by atoms with van der Waals surface area (Å²) in [6, 6.07) is 2.02. The average molecular weight is 171 g/mol. The molecule has 0 aliphatic rings. The summed E-state index contributed by atoms with van der Waals surface area (Å²) < 4.78 is 10.4. The quantitative estimate of drug-likeness (QED) is 0.522. The second-order valence-corrected chi connectivity index (χ2v) is 2.49. The van der Waals surface area contributed by atoms with E-state index in [0.717, 1.165) is 26.1 Å². The van der Waals surface area contributed by atoms with Gasteiger partial charge in [-0.05, 0) is 12.8 Å². The largest absolute Gasteiger partial charge is 0.381 e. The lowest BCUT2D eigenvalue weighted by molar-refractivity contribution is 0.0852. The van der Waals surface area contributed by atoms with Crippen LogP contribution in [0.2, 0.25) is 0 Å². The Labute approximate surface area is 74.3 Å². The predicted molar refractivity (Wildman–Crippen MR) is 46.8 cm³/mol. The van der Waals surface area contributed by atoms with Crippen LogP contribution in [0.15, 0.2) is 0 Å². The molecule has 0 heterocycles. The normalized spacial score (nSPS) is 9.67. The Morgan fingerprint density at radius 3 is 2.33 bits per heavy atom. The van der Waals surface area contributed by atoms with E-state index in [4.69, 9.17) is 14.7 Å². The van der Waals surface area contributed by atoms with Gasteiger partial charge in [-0.1, -0.05) is 6.92 Å². The summed E-state index contributed by atoms with van der Waals surface area (Å²) in [5.41, 5.74) is 0. The van der Waals surface area contributed by atoms with E-state index in [9.17, 15) is 0 Å². The summed E-state index contributed by atoms with van der Waals surface area (Å²) in [5.74, 6) is 0. The highest BCUT2D eigenvalue weighted by Gasteiger charge is 1.88. The van der Waals surface area contributed by atoms with E-state index in [1.807, 2.05) is 6.07 Å². The first kappa shape index (κ1) is 11.4. The zero-order valence-electron chi connectivity index (χ0n) is 7.71. The van der Waals surface area contributed by atoms with Crippen molar-refractivity contribution in [3.05, 3.63) is 0 Å². The molecule has 0 unspecified atom stereocenters. The molecule has 70 valence electrons. The molecule has 0 saturated heterocycles. The highest BCUT2D eigenvalue weighted by Crippen LogP contribution is 1.88. The first-order valence-electron chi connectivity index (χ1n) is 4.44. The summed E-state index contributed by atoms with van der Waals surface area (Å²) in [6.07, 6.45) is 2.47. The van der Waals surface area contributed by atoms with Crippen LogP contribution >= 0.6 is 0 Å². The number of ether oxygens (including phenoxy) is 2.